The van der Waals surface area contributed by atoms with E-state index >= 15 is 0 Å². The molecule has 0 radical (unpaired) electrons. The number of halogens is 1. The molecule has 0 saturated carbocycles. The highest BCUT2D eigenvalue weighted by atomic mass is 79.9. The largest absolute Gasteiger partial charge is 0.102 e. The van der Waals surface area contributed by atoms with Gasteiger partial charge in [-0.2, -0.15) is 0 Å². The fraction of sp³-hybridized carbons (Fsp3) is 0.250. The molecule has 1 aliphatic carbocycles. The summed E-state index contributed by atoms with van der Waals surface area (Å²) in [6.45, 7) is 3.72. The quantitative estimate of drug-likeness (QED) is 0.550. The van der Waals surface area contributed by atoms with E-state index in [9.17, 15) is 0 Å². The molecule has 1 aliphatic rings. The van der Waals surface area contributed by atoms with Crippen LogP contribution in [0.2, 0.25) is 0 Å². The molecule has 48 valence electrons. The van der Waals surface area contributed by atoms with Crippen LogP contribution in [-0.4, -0.2) is 0 Å². The fourth-order valence-corrected chi connectivity index (χ4v) is 1.35. The first-order valence-electron chi connectivity index (χ1n) is 2.98. The predicted molar refractivity (Wildman–Crippen MR) is 44.5 cm³/mol. The molecule has 0 heterocycles. The van der Waals surface area contributed by atoms with Crippen LogP contribution in [0, 0.1) is 5.92 Å². The van der Waals surface area contributed by atoms with E-state index in [4.69, 9.17) is 0 Å². The predicted octanol–water partition coefficient (Wildman–Crippen LogP) is 3.03. The maximum Gasteiger partial charge on any atom is -0.000750 e. The Labute approximate surface area is 64.1 Å². The van der Waals surface area contributed by atoms with Gasteiger partial charge in [-0.3, -0.25) is 0 Å². The van der Waals surface area contributed by atoms with Crippen molar-refractivity contribution in [2.45, 2.75) is 6.42 Å². The molecule has 0 amide bonds. The molecule has 0 saturated heterocycles. The van der Waals surface area contributed by atoms with Crippen molar-refractivity contribution in [3.8, 4) is 0 Å². The van der Waals surface area contributed by atoms with Gasteiger partial charge in [0.15, 0.2) is 0 Å². The SMILES string of the molecule is C=CC1C=CC=C(Br)C1. The molecule has 0 N–H and O–H groups in total. The fourth-order valence-electron chi connectivity index (χ4n) is 0.826. The molecular formula is C8H9Br. The van der Waals surface area contributed by atoms with Crippen LogP contribution >= 0.6 is 15.9 Å². The summed E-state index contributed by atoms with van der Waals surface area (Å²) in [7, 11) is 0. The third kappa shape index (κ3) is 1.83. The van der Waals surface area contributed by atoms with Gasteiger partial charge < -0.3 is 0 Å². The van der Waals surface area contributed by atoms with E-state index in [-0.39, 0.29) is 0 Å². The summed E-state index contributed by atoms with van der Waals surface area (Å²) in [5.74, 6) is 0.532. The molecule has 0 fully saturated rings. The Kier molecular flexibility index (Phi) is 2.29. The molecule has 0 aromatic heterocycles. The molecule has 0 aliphatic heterocycles. The highest BCUT2D eigenvalue weighted by Gasteiger charge is 2.03. The first kappa shape index (κ1) is 6.81. The van der Waals surface area contributed by atoms with Gasteiger partial charge in [0.2, 0.25) is 0 Å². The van der Waals surface area contributed by atoms with Crippen molar-refractivity contribution in [1.82, 2.24) is 0 Å². The Morgan fingerprint density at radius 3 is 3.00 bits per heavy atom. The lowest BCUT2D eigenvalue weighted by Crippen LogP contribution is -1.93. The van der Waals surface area contributed by atoms with Gasteiger partial charge in [-0.25, -0.2) is 0 Å². The molecule has 1 rings (SSSR count). The summed E-state index contributed by atoms with van der Waals surface area (Å²) in [6.07, 6.45) is 9.31. The van der Waals surface area contributed by atoms with Gasteiger partial charge in [-0.1, -0.05) is 40.2 Å². The monoisotopic (exact) mass is 184 g/mol. The van der Waals surface area contributed by atoms with Crippen molar-refractivity contribution < 1.29 is 0 Å². The molecule has 1 atom stereocenters. The van der Waals surface area contributed by atoms with Crippen LogP contribution in [0.1, 0.15) is 6.42 Å². The van der Waals surface area contributed by atoms with E-state index in [1.54, 1.807) is 0 Å². The van der Waals surface area contributed by atoms with E-state index in [0.717, 1.165) is 6.42 Å². The third-order valence-electron chi connectivity index (χ3n) is 1.37. The second kappa shape index (κ2) is 3.02. The van der Waals surface area contributed by atoms with E-state index in [0.29, 0.717) is 5.92 Å². The minimum atomic E-state index is 0.532. The Morgan fingerprint density at radius 1 is 1.78 bits per heavy atom. The van der Waals surface area contributed by atoms with Gasteiger partial charge in [0.05, 0.1) is 0 Å². The average Bonchev–Trinajstić information content (AvgIpc) is 1.88. The second-order valence-corrected chi connectivity index (χ2v) is 3.12. The summed E-state index contributed by atoms with van der Waals surface area (Å²) in [5.41, 5.74) is 0. The van der Waals surface area contributed by atoms with Crippen molar-refractivity contribution in [1.29, 1.82) is 0 Å². The van der Waals surface area contributed by atoms with Gasteiger partial charge in [-0.15, -0.1) is 6.58 Å². The van der Waals surface area contributed by atoms with Crippen LogP contribution in [0.3, 0.4) is 0 Å². The van der Waals surface area contributed by atoms with Crippen molar-refractivity contribution in [3.05, 3.63) is 35.4 Å². The van der Waals surface area contributed by atoms with Crippen molar-refractivity contribution >= 4 is 15.9 Å². The molecule has 9 heavy (non-hydrogen) atoms. The van der Waals surface area contributed by atoms with E-state index in [1.165, 1.54) is 4.48 Å². The normalized spacial score (nSPS) is 25.4. The molecule has 0 bridgehead atoms. The first-order chi connectivity index (χ1) is 4.33. The summed E-state index contributed by atoms with van der Waals surface area (Å²) in [5, 5.41) is 0. The molecular weight excluding hydrogens is 176 g/mol. The van der Waals surface area contributed by atoms with Crippen LogP contribution in [0.15, 0.2) is 35.4 Å². The van der Waals surface area contributed by atoms with Crippen LogP contribution in [-0.2, 0) is 0 Å². The van der Waals surface area contributed by atoms with E-state index in [2.05, 4.69) is 40.7 Å². The lowest BCUT2D eigenvalue weighted by atomic mass is 10.0. The smallest absolute Gasteiger partial charge is 0.000750 e. The Bertz CT molecular complexity index is 165. The topological polar surface area (TPSA) is 0 Å². The van der Waals surface area contributed by atoms with Crippen LogP contribution in [0.5, 0.6) is 0 Å². The standard InChI is InChI=1S/C8H9Br/c1-2-7-4-3-5-8(9)6-7/h2-5,7H,1,6H2. The Balaban J connectivity index is 2.61. The molecule has 0 spiro atoms. The number of hydrogen-bond donors (Lipinski definition) is 0. The van der Waals surface area contributed by atoms with Crippen LogP contribution in [0.25, 0.3) is 0 Å². The van der Waals surface area contributed by atoms with Crippen molar-refractivity contribution in [2.24, 2.45) is 5.92 Å². The zero-order valence-corrected chi connectivity index (χ0v) is 6.76. The van der Waals surface area contributed by atoms with Gasteiger partial charge in [0.1, 0.15) is 0 Å². The van der Waals surface area contributed by atoms with Gasteiger partial charge in [-0.05, 0) is 16.8 Å². The van der Waals surface area contributed by atoms with Crippen molar-refractivity contribution in [2.75, 3.05) is 0 Å². The minimum absolute atomic E-state index is 0.532. The lowest BCUT2D eigenvalue weighted by molar-refractivity contribution is 0.818. The Morgan fingerprint density at radius 2 is 2.56 bits per heavy atom. The van der Waals surface area contributed by atoms with E-state index in [1.807, 2.05) is 6.08 Å². The first-order valence-corrected chi connectivity index (χ1v) is 3.77. The number of allylic oxidation sites excluding steroid dienone is 5. The maximum absolute atomic E-state index is 3.72. The second-order valence-electron chi connectivity index (χ2n) is 2.10. The highest BCUT2D eigenvalue weighted by molar-refractivity contribution is 9.11. The summed E-state index contributed by atoms with van der Waals surface area (Å²) >= 11 is 3.43. The molecule has 0 aromatic carbocycles. The molecule has 1 heteroatoms. The molecule has 0 aromatic rings. The van der Waals surface area contributed by atoms with Crippen LogP contribution < -0.4 is 0 Å². The summed E-state index contributed by atoms with van der Waals surface area (Å²) in [6, 6.07) is 0. The van der Waals surface area contributed by atoms with Crippen molar-refractivity contribution in [3.63, 3.8) is 0 Å². The number of rotatable bonds is 1. The zero-order chi connectivity index (χ0) is 6.69. The number of hydrogen-bond acceptors (Lipinski definition) is 0. The highest BCUT2D eigenvalue weighted by Crippen LogP contribution is 2.22. The summed E-state index contributed by atoms with van der Waals surface area (Å²) in [4.78, 5) is 0. The van der Waals surface area contributed by atoms with Gasteiger partial charge in [0, 0.05) is 0 Å². The van der Waals surface area contributed by atoms with Gasteiger partial charge >= 0.3 is 0 Å². The maximum atomic E-state index is 3.72. The van der Waals surface area contributed by atoms with E-state index < -0.39 is 0 Å². The zero-order valence-electron chi connectivity index (χ0n) is 5.18. The third-order valence-corrected chi connectivity index (χ3v) is 1.96. The molecule has 0 nitrogen and oxygen atoms in total. The lowest BCUT2D eigenvalue weighted by Gasteiger charge is -2.08. The average molecular weight is 185 g/mol. The minimum Gasteiger partial charge on any atom is -0.102 e. The van der Waals surface area contributed by atoms with Crippen LogP contribution in [0.4, 0.5) is 0 Å². The Hall–Kier alpha value is -0.300. The molecule has 1 unspecified atom stereocenters. The van der Waals surface area contributed by atoms with Gasteiger partial charge in [0.25, 0.3) is 0 Å². The summed E-state index contributed by atoms with van der Waals surface area (Å²) < 4.78 is 1.26.